The van der Waals surface area contributed by atoms with Gasteiger partial charge < -0.3 is 5.32 Å². The van der Waals surface area contributed by atoms with Gasteiger partial charge in [0.1, 0.15) is 0 Å². The van der Waals surface area contributed by atoms with E-state index in [1.165, 1.54) is 0 Å². The van der Waals surface area contributed by atoms with E-state index in [-0.39, 0.29) is 6.04 Å². The quantitative estimate of drug-likeness (QED) is 0.858. The Kier molecular flexibility index (Phi) is 5.55. The first-order chi connectivity index (χ1) is 9.92. The third kappa shape index (κ3) is 3.92. The highest BCUT2D eigenvalue weighted by molar-refractivity contribution is 6.34. The maximum absolute atomic E-state index is 6.35. The Bertz CT molecular complexity index is 617. The predicted molar refractivity (Wildman–Crippen MR) is 89.5 cm³/mol. The van der Waals surface area contributed by atoms with Crippen molar-refractivity contribution in [1.29, 1.82) is 0 Å². The Morgan fingerprint density at radius 1 is 1.19 bits per heavy atom. The van der Waals surface area contributed by atoms with Crippen molar-refractivity contribution < 1.29 is 0 Å². The number of halogens is 3. The standard InChI is InChI=1S/C15H18Cl3N3/c1-4-19-13(10-5-11(16)7-12(17)6-10)8-14-15(18)9(2)20-21(14)3/h5-7,13,19H,4,8H2,1-3H3. The van der Waals surface area contributed by atoms with Crippen molar-refractivity contribution in [3.63, 3.8) is 0 Å². The number of hydrogen-bond donors (Lipinski definition) is 1. The average Bonchev–Trinajstić information content (AvgIpc) is 2.63. The van der Waals surface area contributed by atoms with Crippen LogP contribution in [0, 0.1) is 6.92 Å². The maximum Gasteiger partial charge on any atom is 0.0847 e. The van der Waals surface area contributed by atoms with Gasteiger partial charge in [-0.1, -0.05) is 41.7 Å². The van der Waals surface area contributed by atoms with Crippen LogP contribution in [-0.4, -0.2) is 16.3 Å². The zero-order valence-electron chi connectivity index (χ0n) is 12.3. The summed E-state index contributed by atoms with van der Waals surface area (Å²) in [5.74, 6) is 0. The van der Waals surface area contributed by atoms with E-state index in [1.807, 2.05) is 30.8 Å². The summed E-state index contributed by atoms with van der Waals surface area (Å²) in [5.41, 5.74) is 2.88. The Morgan fingerprint density at radius 3 is 2.29 bits per heavy atom. The van der Waals surface area contributed by atoms with Crippen LogP contribution in [0.3, 0.4) is 0 Å². The molecule has 1 heterocycles. The first-order valence-corrected chi connectivity index (χ1v) is 7.93. The minimum atomic E-state index is 0.0819. The molecule has 6 heteroatoms. The molecule has 0 radical (unpaired) electrons. The molecule has 2 rings (SSSR count). The number of nitrogens with zero attached hydrogens (tertiary/aromatic N) is 2. The van der Waals surface area contributed by atoms with Crippen molar-refractivity contribution >= 4 is 34.8 Å². The summed E-state index contributed by atoms with van der Waals surface area (Å²) >= 11 is 18.6. The van der Waals surface area contributed by atoms with Crippen molar-refractivity contribution in [2.45, 2.75) is 26.3 Å². The summed E-state index contributed by atoms with van der Waals surface area (Å²) < 4.78 is 1.83. The highest BCUT2D eigenvalue weighted by Gasteiger charge is 2.18. The SMILES string of the molecule is CCNC(Cc1c(Cl)c(C)nn1C)c1cc(Cl)cc(Cl)c1. The number of aryl methyl sites for hydroxylation is 2. The molecule has 0 saturated carbocycles. The predicted octanol–water partition coefficient (Wildman–Crippen LogP) is 4.58. The van der Waals surface area contributed by atoms with Gasteiger partial charge in [0.2, 0.25) is 0 Å². The summed E-state index contributed by atoms with van der Waals surface area (Å²) in [6.45, 7) is 4.81. The van der Waals surface area contributed by atoms with E-state index in [0.717, 1.165) is 29.9 Å². The molecule has 1 unspecified atom stereocenters. The second kappa shape index (κ2) is 7.01. The van der Waals surface area contributed by atoms with Gasteiger partial charge in [-0.25, -0.2) is 0 Å². The van der Waals surface area contributed by atoms with Gasteiger partial charge in [0.15, 0.2) is 0 Å². The molecule has 0 bridgehead atoms. The Labute approximate surface area is 140 Å². The molecule has 0 aliphatic heterocycles. The van der Waals surface area contributed by atoms with Crippen LogP contribution < -0.4 is 5.32 Å². The fourth-order valence-electron chi connectivity index (χ4n) is 2.43. The molecule has 1 N–H and O–H groups in total. The molecular formula is C15H18Cl3N3. The molecule has 2 aromatic rings. The fraction of sp³-hybridized carbons (Fsp3) is 0.400. The van der Waals surface area contributed by atoms with Gasteiger partial charge in [-0.3, -0.25) is 4.68 Å². The minimum absolute atomic E-state index is 0.0819. The largest absolute Gasteiger partial charge is 0.310 e. The number of benzene rings is 1. The molecule has 0 saturated heterocycles. The molecule has 0 fully saturated rings. The lowest BCUT2D eigenvalue weighted by Crippen LogP contribution is -2.24. The maximum atomic E-state index is 6.35. The third-order valence-corrected chi connectivity index (χ3v) is 4.32. The van der Waals surface area contributed by atoms with E-state index in [4.69, 9.17) is 34.8 Å². The Hall–Kier alpha value is -0.740. The van der Waals surface area contributed by atoms with E-state index in [0.29, 0.717) is 15.1 Å². The van der Waals surface area contributed by atoms with E-state index in [9.17, 15) is 0 Å². The number of nitrogens with one attached hydrogen (secondary N) is 1. The number of aromatic nitrogens is 2. The zero-order chi connectivity index (χ0) is 15.6. The van der Waals surface area contributed by atoms with Crippen molar-refractivity contribution in [2.24, 2.45) is 7.05 Å². The third-order valence-electron chi connectivity index (χ3n) is 3.40. The molecule has 3 nitrogen and oxygen atoms in total. The topological polar surface area (TPSA) is 29.9 Å². The van der Waals surface area contributed by atoms with Gasteiger partial charge in [-0.05, 0) is 37.2 Å². The van der Waals surface area contributed by atoms with Crippen LogP contribution in [-0.2, 0) is 13.5 Å². The van der Waals surface area contributed by atoms with E-state index in [1.54, 1.807) is 6.07 Å². The first-order valence-electron chi connectivity index (χ1n) is 6.79. The lowest BCUT2D eigenvalue weighted by molar-refractivity contribution is 0.529. The first kappa shape index (κ1) is 16.6. The summed E-state index contributed by atoms with van der Waals surface area (Å²) in [4.78, 5) is 0. The van der Waals surface area contributed by atoms with Gasteiger partial charge >= 0.3 is 0 Å². The number of rotatable bonds is 5. The van der Waals surface area contributed by atoms with Gasteiger partial charge in [0.25, 0.3) is 0 Å². The number of hydrogen-bond acceptors (Lipinski definition) is 2. The van der Waals surface area contributed by atoms with E-state index in [2.05, 4.69) is 17.3 Å². The number of likely N-dealkylation sites (N-methyl/N-ethyl adjacent to an activating group) is 1. The van der Waals surface area contributed by atoms with E-state index < -0.39 is 0 Å². The highest BCUT2D eigenvalue weighted by atomic mass is 35.5. The molecule has 0 aliphatic rings. The lowest BCUT2D eigenvalue weighted by atomic mass is 10.0. The molecule has 0 amide bonds. The Morgan fingerprint density at radius 2 is 1.81 bits per heavy atom. The summed E-state index contributed by atoms with van der Waals surface area (Å²) in [6.07, 6.45) is 0.723. The van der Waals surface area contributed by atoms with Crippen LogP contribution in [0.5, 0.6) is 0 Å². The summed E-state index contributed by atoms with van der Waals surface area (Å²) in [6, 6.07) is 5.67. The molecule has 0 spiro atoms. The Balaban J connectivity index is 2.35. The van der Waals surface area contributed by atoms with Crippen molar-refractivity contribution in [2.75, 3.05) is 6.54 Å². The second-order valence-electron chi connectivity index (χ2n) is 4.99. The summed E-state index contributed by atoms with van der Waals surface area (Å²) in [5, 5.41) is 9.79. The van der Waals surface area contributed by atoms with Crippen LogP contribution in [0.4, 0.5) is 0 Å². The van der Waals surface area contributed by atoms with Crippen LogP contribution >= 0.6 is 34.8 Å². The van der Waals surface area contributed by atoms with Crippen LogP contribution in [0.15, 0.2) is 18.2 Å². The van der Waals surface area contributed by atoms with Crippen molar-refractivity contribution in [3.8, 4) is 0 Å². The molecule has 1 atom stereocenters. The normalized spacial score (nSPS) is 12.7. The molecule has 0 aliphatic carbocycles. The van der Waals surface area contributed by atoms with E-state index >= 15 is 0 Å². The molecule has 21 heavy (non-hydrogen) atoms. The molecule has 114 valence electrons. The second-order valence-corrected chi connectivity index (χ2v) is 6.24. The average molecular weight is 347 g/mol. The van der Waals surface area contributed by atoms with Crippen LogP contribution in [0.2, 0.25) is 15.1 Å². The molecule has 1 aromatic heterocycles. The smallest absolute Gasteiger partial charge is 0.0847 e. The summed E-state index contributed by atoms with van der Waals surface area (Å²) in [7, 11) is 1.90. The van der Waals surface area contributed by atoms with Gasteiger partial charge in [0.05, 0.1) is 16.4 Å². The van der Waals surface area contributed by atoms with Gasteiger partial charge in [0, 0.05) is 29.6 Å². The van der Waals surface area contributed by atoms with Crippen LogP contribution in [0.1, 0.15) is 29.9 Å². The van der Waals surface area contributed by atoms with Gasteiger partial charge in [-0.2, -0.15) is 5.10 Å². The molecular weight excluding hydrogens is 329 g/mol. The highest BCUT2D eigenvalue weighted by Crippen LogP contribution is 2.28. The minimum Gasteiger partial charge on any atom is -0.310 e. The lowest BCUT2D eigenvalue weighted by Gasteiger charge is -2.19. The van der Waals surface area contributed by atoms with Crippen molar-refractivity contribution in [1.82, 2.24) is 15.1 Å². The van der Waals surface area contributed by atoms with Gasteiger partial charge in [-0.15, -0.1) is 0 Å². The molecule has 1 aromatic carbocycles. The monoisotopic (exact) mass is 345 g/mol. The fourth-order valence-corrected chi connectivity index (χ4v) is 3.21. The zero-order valence-corrected chi connectivity index (χ0v) is 14.5. The van der Waals surface area contributed by atoms with Crippen LogP contribution in [0.25, 0.3) is 0 Å². The van der Waals surface area contributed by atoms with Crippen molar-refractivity contribution in [3.05, 3.63) is 50.2 Å².